The number of fused-ring (bicyclic) bond motifs is 1. The van der Waals surface area contributed by atoms with E-state index >= 15 is 0 Å². The molecule has 0 unspecified atom stereocenters. The Morgan fingerprint density at radius 1 is 0.943 bits per heavy atom. The van der Waals surface area contributed by atoms with Crippen LogP contribution in [0.4, 0.5) is 11.4 Å². The first-order valence-corrected chi connectivity index (χ1v) is 12.4. The number of halogens is 1. The van der Waals surface area contributed by atoms with Crippen LogP contribution in [-0.4, -0.2) is 31.1 Å². The topological polar surface area (TPSA) is 88.7 Å². The van der Waals surface area contributed by atoms with Crippen LogP contribution in [0.5, 0.6) is 11.5 Å². The van der Waals surface area contributed by atoms with Gasteiger partial charge in [-0.1, -0.05) is 30.3 Å². The molecule has 0 aliphatic carbocycles. The molecular formula is C25H20BrN3O4S2. The number of amides is 2. The molecule has 4 aromatic rings. The zero-order chi connectivity index (χ0) is 24.9. The summed E-state index contributed by atoms with van der Waals surface area (Å²) in [5.41, 5.74) is 1.43. The first kappa shape index (κ1) is 24.6. The summed E-state index contributed by atoms with van der Waals surface area (Å²) in [6.07, 6.45) is 0. The van der Waals surface area contributed by atoms with Crippen LogP contribution in [0, 0.1) is 0 Å². The van der Waals surface area contributed by atoms with Gasteiger partial charge in [0, 0.05) is 11.8 Å². The summed E-state index contributed by atoms with van der Waals surface area (Å²) in [5.74, 6) is 0.209. The van der Waals surface area contributed by atoms with Crippen molar-refractivity contribution in [2.45, 2.75) is 0 Å². The van der Waals surface area contributed by atoms with E-state index in [9.17, 15) is 9.59 Å². The van der Waals surface area contributed by atoms with Crippen LogP contribution in [0.1, 0.15) is 20.0 Å². The predicted octanol–water partition coefficient (Wildman–Crippen LogP) is 6.06. The number of thiocarbonyl (C=S) groups is 1. The van der Waals surface area contributed by atoms with E-state index in [0.717, 1.165) is 10.8 Å². The zero-order valence-electron chi connectivity index (χ0n) is 18.7. The fourth-order valence-electron chi connectivity index (χ4n) is 3.45. The molecule has 0 atom stereocenters. The fraction of sp³-hybridized carbons (Fsp3) is 0.0800. The largest absolute Gasteiger partial charge is 0.495 e. The molecule has 0 radical (unpaired) electrons. The Morgan fingerprint density at radius 2 is 1.74 bits per heavy atom. The van der Waals surface area contributed by atoms with Gasteiger partial charge in [0.2, 0.25) is 0 Å². The lowest BCUT2D eigenvalue weighted by Crippen LogP contribution is -2.34. The summed E-state index contributed by atoms with van der Waals surface area (Å²) in [6.45, 7) is 0. The first-order valence-electron chi connectivity index (χ1n) is 10.3. The molecule has 1 aromatic heterocycles. The van der Waals surface area contributed by atoms with Crippen molar-refractivity contribution < 1.29 is 19.1 Å². The molecule has 0 saturated heterocycles. The number of ether oxygens (including phenoxy) is 2. The second-order valence-electron chi connectivity index (χ2n) is 7.25. The SMILES string of the molecule is COc1cc(NC(=S)NC(=O)c2cc3ccccc3c(Br)c2OC)ccc1NC(=O)c1cccs1. The quantitative estimate of drug-likeness (QED) is 0.244. The highest BCUT2D eigenvalue weighted by Crippen LogP contribution is 2.36. The number of rotatable bonds is 6. The van der Waals surface area contributed by atoms with Crippen molar-refractivity contribution in [1.82, 2.24) is 5.32 Å². The fourth-order valence-corrected chi connectivity index (χ4v) is 5.02. The molecule has 0 bridgehead atoms. The molecule has 0 saturated carbocycles. The molecule has 3 aromatic carbocycles. The van der Waals surface area contributed by atoms with Crippen molar-refractivity contribution in [3.8, 4) is 11.5 Å². The van der Waals surface area contributed by atoms with E-state index in [4.69, 9.17) is 21.7 Å². The zero-order valence-corrected chi connectivity index (χ0v) is 21.9. The number of hydrogen-bond acceptors (Lipinski definition) is 6. The summed E-state index contributed by atoms with van der Waals surface area (Å²) >= 11 is 10.2. The van der Waals surface area contributed by atoms with Gasteiger partial charge in [-0.15, -0.1) is 11.3 Å². The number of anilines is 2. The van der Waals surface area contributed by atoms with Crippen LogP contribution >= 0.6 is 39.5 Å². The van der Waals surface area contributed by atoms with Gasteiger partial charge in [-0.25, -0.2) is 0 Å². The highest BCUT2D eigenvalue weighted by atomic mass is 79.9. The maximum Gasteiger partial charge on any atom is 0.265 e. The molecule has 0 fully saturated rings. The van der Waals surface area contributed by atoms with E-state index in [-0.39, 0.29) is 11.0 Å². The molecule has 3 N–H and O–H groups in total. The smallest absolute Gasteiger partial charge is 0.265 e. The maximum atomic E-state index is 13.0. The molecule has 35 heavy (non-hydrogen) atoms. The van der Waals surface area contributed by atoms with Gasteiger partial charge in [0.25, 0.3) is 11.8 Å². The number of nitrogens with one attached hydrogen (secondary N) is 3. The van der Waals surface area contributed by atoms with Crippen LogP contribution in [0.25, 0.3) is 10.8 Å². The molecular weight excluding hydrogens is 550 g/mol. The molecule has 10 heteroatoms. The van der Waals surface area contributed by atoms with Crippen LogP contribution < -0.4 is 25.4 Å². The van der Waals surface area contributed by atoms with Gasteiger partial charge in [-0.05, 0) is 68.6 Å². The molecule has 0 aliphatic heterocycles. The van der Waals surface area contributed by atoms with Crippen molar-refractivity contribution in [1.29, 1.82) is 0 Å². The Morgan fingerprint density at radius 3 is 2.46 bits per heavy atom. The van der Waals surface area contributed by atoms with E-state index in [2.05, 4.69) is 31.9 Å². The van der Waals surface area contributed by atoms with Crippen molar-refractivity contribution >= 4 is 78.6 Å². The number of benzene rings is 3. The van der Waals surface area contributed by atoms with E-state index in [1.807, 2.05) is 35.7 Å². The van der Waals surface area contributed by atoms with Gasteiger partial charge in [0.1, 0.15) is 11.5 Å². The number of methoxy groups -OCH3 is 2. The number of hydrogen-bond donors (Lipinski definition) is 3. The average molecular weight is 570 g/mol. The number of carbonyl (C=O) groups is 2. The maximum absolute atomic E-state index is 13.0. The van der Waals surface area contributed by atoms with Crippen molar-refractivity contribution in [2.75, 3.05) is 24.9 Å². The van der Waals surface area contributed by atoms with Gasteiger partial charge in [-0.3, -0.25) is 14.9 Å². The van der Waals surface area contributed by atoms with E-state index in [1.165, 1.54) is 25.6 Å². The number of carbonyl (C=O) groups excluding carboxylic acids is 2. The Labute approximate surface area is 219 Å². The minimum absolute atomic E-state index is 0.0961. The third-order valence-electron chi connectivity index (χ3n) is 5.07. The lowest BCUT2D eigenvalue weighted by atomic mass is 10.1. The monoisotopic (exact) mass is 569 g/mol. The van der Waals surface area contributed by atoms with E-state index < -0.39 is 5.91 Å². The Balaban J connectivity index is 1.48. The summed E-state index contributed by atoms with van der Waals surface area (Å²) in [4.78, 5) is 26.0. The van der Waals surface area contributed by atoms with Crippen LogP contribution in [0.15, 0.2) is 70.5 Å². The third-order valence-corrected chi connectivity index (χ3v) is 6.93. The van der Waals surface area contributed by atoms with Crippen molar-refractivity contribution in [3.63, 3.8) is 0 Å². The van der Waals surface area contributed by atoms with Gasteiger partial charge in [-0.2, -0.15) is 0 Å². The summed E-state index contributed by atoms with van der Waals surface area (Å²) in [5, 5.41) is 12.2. The minimum Gasteiger partial charge on any atom is -0.495 e. The van der Waals surface area contributed by atoms with Crippen LogP contribution in [-0.2, 0) is 0 Å². The van der Waals surface area contributed by atoms with Crippen molar-refractivity contribution in [2.24, 2.45) is 0 Å². The van der Waals surface area contributed by atoms with Gasteiger partial charge in [0.05, 0.1) is 34.8 Å². The van der Waals surface area contributed by atoms with Gasteiger partial charge in [0.15, 0.2) is 5.11 Å². The Hall–Kier alpha value is -3.47. The normalized spacial score (nSPS) is 10.5. The Bertz CT molecular complexity index is 1420. The lowest BCUT2D eigenvalue weighted by Gasteiger charge is -2.15. The molecule has 1 heterocycles. The molecule has 7 nitrogen and oxygen atoms in total. The van der Waals surface area contributed by atoms with E-state index in [1.54, 1.807) is 30.3 Å². The molecule has 4 rings (SSSR count). The molecule has 0 aliphatic rings. The van der Waals surface area contributed by atoms with Gasteiger partial charge >= 0.3 is 0 Å². The highest BCUT2D eigenvalue weighted by Gasteiger charge is 2.19. The summed E-state index contributed by atoms with van der Waals surface area (Å²) < 4.78 is 11.6. The third kappa shape index (κ3) is 5.45. The van der Waals surface area contributed by atoms with E-state index in [0.29, 0.717) is 37.8 Å². The van der Waals surface area contributed by atoms with Crippen LogP contribution in [0.2, 0.25) is 0 Å². The number of thiophene rings is 1. The summed E-state index contributed by atoms with van der Waals surface area (Å²) in [6, 6.07) is 18.1. The second-order valence-corrected chi connectivity index (χ2v) is 9.40. The predicted molar refractivity (Wildman–Crippen MR) is 147 cm³/mol. The second kappa shape index (κ2) is 10.9. The van der Waals surface area contributed by atoms with Crippen molar-refractivity contribution in [3.05, 3.63) is 81.0 Å². The summed E-state index contributed by atoms with van der Waals surface area (Å²) in [7, 11) is 3.01. The average Bonchev–Trinajstić information content (AvgIpc) is 3.40. The molecule has 0 spiro atoms. The Kier molecular flexibility index (Phi) is 7.64. The highest BCUT2D eigenvalue weighted by molar-refractivity contribution is 9.10. The lowest BCUT2D eigenvalue weighted by molar-refractivity contribution is 0.0973. The van der Waals surface area contributed by atoms with Crippen LogP contribution in [0.3, 0.4) is 0 Å². The molecule has 178 valence electrons. The standard InChI is InChI=1S/C25H20BrN3O4S2/c1-32-19-13-15(9-10-18(19)28-24(31)20-8-5-11-35-20)27-25(34)29-23(30)17-12-14-6-3-4-7-16(14)21(26)22(17)33-2/h3-13H,1-2H3,(H,28,31)(H2,27,29,30,34). The van der Waals surface area contributed by atoms with Gasteiger partial charge < -0.3 is 20.1 Å². The molecule has 2 amide bonds. The first-order chi connectivity index (χ1) is 16.9. The minimum atomic E-state index is -0.419.